The van der Waals surface area contributed by atoms with Gasteiger partial charge in [-0.2, -0.15) is 5.10 Å². The fourth-order valence-electron chi connectivity index (χ4n) is 2.11. The lowest BCUT2D eigenvalue weighted by Gasteiger charge is -2.07. The number of halogens is 1. The second kappa shape index (κ2) is 6.11. The van der Waals surface area contributed by atoms with Gasteiger partial charge in [0.1, 0.15) is 0 Å². The van der Waals surface area contributed by atoms with E-state index in [-0.39, 0.29) is 5.91 Å². The van der Waals surface area contributed by atoms with Gasteiger partial charge in [-0.1, -0.05) is 18.2 Å². The molecule has 2 aromatic heterocycles. The van der Waals surface area contributed by atoms with Gasteiger partial charge in [0.25, 0.3) is 5.91 Å². The van der Waals surface area contributed by atoms with Crippen LogP contribution >= 0.6 is 15.9 Å². The van der Waals surface area contributed by atoms with E-state index >= 15 is 0 Å². The van der Waals surface area contributed by atoms with Gasteiger partial charge in [-0.3, -0.25) is 9.78 Å². The summed E-state index contributed by atoms with van der Waals surface area (Å²) in [6.45, 7) is 1.91. The first kappa shape index (κ1) is 14.5. The standard InChI is InChI=1S/C16H13BrN4O/c1-11-15(10-19-21(11)12-5-3-2-4-6-12)20-16(22)13-7-8-18-9-14(13)17/h2-10H,1H3,(H,20,22). The van der Waals surface area contributed by atoms with Crippen molar-refractivity contribution in [3.63, 3.8) is 0 Å². The molecule has 0 saturated heterocycles. The maximum atomic E-state index is 12.3. The van der Waals surface area contributed by atoms with Crippen LogP contribution in [0.15, 0.2) is 59.5 Å². The van der Waals surface area contributed by atoms with E-state index in [0.717, 1.165) is 11.4 Å². The number of hydrogen-bond donors (Lipinski definition) is 1. The molecule has 0 unspecified atom stereocenters. The maximum Gasteiger partial charge on any atom is 0.257 e. The summed E-state index contributed by atoms with van der Waals surface area (Å²) in [5, 5.41) is 7.21. The molecule has 0 spiro atoms. The summed E-state index contributed by atoms with van der Waals surface area (Å²) < 4.78 is 2.44. The predicted molar refractivity (Wildman–Crippen MR) is 88.2 cm³/mol. The van der Waals surface area contributed by atoms with Crippen molar-refractivity contribution in [2.75, 3.05) is 5.32 Å². The molecule has 6 heteroatoms. The summed E-state index contributed by atoms with van der Waals surface area (Å²) in [4.78, 5) is 16.3. The smallest absolute Gasteiger partial charge is 0.257 e. The van der Waals surface area contributed by atoms with Crippen molar-refractivity contribution in [1.29, 1.82) is 0 Å². The van der Waals surface area contributed by atoms with E-state index in [1.165, 1.54) is 0 Å². The average molecular weight is 357 g/mol. The van der Waals surface area contributed by atoms with Gasteiger partial charge in [-0.15, -0.1) is 0 Å². The minimum absolute atomic E-state index is 0.204. The fourth-order valence-corrected chi connectivity index (χ4v) is 2.54. The van der Waals surface area contributed by atoms with Crippen LogP contribution < -0.4 is 5.32 Å². The molecule has 3 aromatic rings. The van der Waals surface area contributed by atoms with Crippen molar-refractivity contribution in [2.24, 2.45) is 0 Å². The summed E-state index contributed by atoms with van der Waals surface area (Å²) in [6.07, 6.45) is 4.82. The van der Waals surface area contributed by atoms with Crippen LogP contribution in [-0.2, 0) is 0 Å². The molecule has 0 aliphatic heterocycles. The first-order chi connectivity index (χ1) is 10.7. The molecule has 0 saturated carbocycles. The van der Waals surface area contributed by atoms with E-state index in [4.69, 9.17) is 0 Å². The van der Waals surface area contributed by atoms with E-state index in [1.54, 1.807) is 29.3 Å². The van der Waals surface area contributed by atoms with Crippen LogP contribution in [-0.4, -0.2) is 20.7 Å². The largest absolute Gasteiger partial charge is 0.319 e. The number of amides is 1. The quantitative estimate of drug-likeness (QED) is 0.779. The molecule has 1 aromatic carbocycles. The van der Waals surface area contributed by atoms with Gasteiger partial charge in [0, 0.05) is 16.9 Å². The van der Waals surface area contributed by atoms with Crippen LogP contribution in [0.25, 0.3) is 5.69 Å². The SMILES string of the molecule is Cc1c(NC(=O)c2ccncc2Br)cnn1-c1ccccc1. The Morgan fingerprint density at radius 1 is 1.18 bits per heavy atom. The molecule has 1 N–H and O–H groups in total. The molecular weight excluding hydrogens is 344 g/mol. The third kappa shape index (κ3) is 2.78. The minimum Gasteiger partial charge on any atom is -0.319 e. The Kier molecular flexibility index (Phi) is 4.02. The highest BCUT2D eigenvalue weighted by Crippen LogP contribution is 2.21. The molecule has 3 rings (SSSR count). The lowest BCUT2D eigenvalue weighted by atomic mass is 10.2. The molecule has 0 radical (unpaired) electrons. The van der Waals surface area contributed by atoms with Gasteiger partial charge in [0.15, 0.2) is 0 Å². The number of rotatable bonds is 3. The molecule has 0 fully saturated rings. The highest BCUT2D eigenvalue weighted by Gasteiger charge is 2.14. The number of anilines is 1. The zero-order chi connectivity index (χ0) is 15.5. The molecular formula is C16H13BrN4O. The second-order valence-electron chi connectivity index (χ2n) is 4.70. The maximum absolute atomic E-state index is 12.3. The molecule has 5 nitrogen and oxygen atoms in total. The fraction of sp³-hybridized carbons (Fsp3) is 0.0625. The lowest BCUT2D eigenvalue weighted by molar-refractivity contribution is 0.102. The normalized spacial score (nSPS) is 10.5. The third-order valence-electron chi connectivity index (χ3n) is 3.28. The minimum atomic E-state index is -0.204. The number of benzene rings is 1. The summed E-state index contributed by atoms with van der Waals surface area (Å²) in [6, 6.07) is 11.4. The number of para-hydroxylation sites is 1. The third-order valence-corrected chi connectivity index (χ3v) is 3.91. The van der Waals surface area contributed by atoms with Crippen LogP contribution in [0.1, 0.15) is 16.1 Å². The van der Waals surface area contributed by atoms with Crippen molar-refractivity contribution >= 4 is 27.5 Å². The number of pyridine rings is 1. The van der Waals surface area contributed by atoms with E-state index in [1.807, 2.05) is 37.3 Å². The van der Waals surface area contributed by atoms with E-state index in [2.05, 4.69) is 31.3 Å². The molecule has 22 heavy (non-hydrogen) atoms. The number of aromatic nitrogens is 3. The molecule has 110 valence electrons. The summed E-state index contributed by atoms with van der Waals surface area (Å²) >= 11 is 3.33. The first-order valence-corrected chi connectivity index (χ1v) is 7.47. The highest BCUT2D eigenvalue weighted by atomic mass is 79.9. The van der Waals surface area contributed by atoms with Crippen LogP contribution in [0.3, 0.4) is 0 Å². The molecule has 0 atom stereocenters. The van der Waals surface area contributed by atoms with E-state index in [9.17, 15) is 4.79 Å². The molecule has 0 aliphatic rings. The summed E-state index contributed by atoms with van der Waals surface area (Å²) in [5.41, 5.74) is 3.02. The Morgan fingerprint density at radius 2 is 1.95 bits per heavy atom. The highest BCUT2D eigenvalue weighted by molar-refractivity contribution is 9.10. The van der Waals surface area contributed by atoms with Gasteiger partial charge >= 0.3 is 0 Å². The van der Waals surface area contributed by atoms with Gasteiger partial charge < -0.3 is 5.32 Å². The average Bonchev–Trinajstić information content (AvgIpc) is 2.89. The Bertz CT molecular complexity index is 814. The molecule has 0 aliphatic carbocycles. The summed E-state index contributed by atoms with van der Waals surface area (Å²) in [5.74, 6) is -0.204. The Balaban J connectivity index is 1.87. The number of hydrogen-bond acceptors (Lipinski definition) is 3. The number of nitrogens with one attached hydrogen (secondary N) is 1. The lowest BCUT2D eigenvalue weighted by Crippen LogP contribution is -2.13. The molecule has 2 heterocycles. The van der Waals surface area contributed by atoms with Crippen molar-refractivity contribution in [3.05, 3.63) is 70.7 Å². The Morgan fingerprint density at radius 3 is 2.68 bits per heavy atom. The van der Waals surface area contributed by atoms with Crippen molar-refractivity contribution in [1.82, 2.24) is 14.8 Å². The Labute approximate surface area is 136 Å². The zero-order valence-corrected chi connectivity index (χ0v) is 13.4. The van der Waals surface area contributed by atoms with Crippen LogP contribution in [0.2, 0.25) is 0 Å². The van der Waals surface area contributed by atoms with E-state index < -0.39 is 0 Å². The van der Waals surface area contributed by atoms with Crippen LogP contribution in [0.5, 0.6) is 0 Å². The second-order valence-corrected chi connectivity index (χ2v) is 5.55. The Hall–Kier alpha value is -2.47. The summed E-state index contributed by atoms with van der Waals surface area (Å²) in [7, 11) is 0. The van der Waals surface area contributed by atoms with Gasteiger partial charge in [-0.05, 0) is 41.1 Å². The predicted octanol–water partition coefficient (Wildman–Crippen LogP) is 3.59. The van der Waals surface area contributed by atoms with Crippen molar-refractivity contribution in [2.45, 2.75) is 6.92 Å². The van der Waals surface area contributed by atoms with E-state index in [0.29, 0.717) is 15.7 Å². The molecule has 0 bridgehead atoms. The van der Waals surface area contributed by atoms with Gasteiger partial charge in [0.2, 0.25) is 0 Å². The zero-order valence-electron chi connectivity index (χ0n) is 11.8. The monoisotopic (exact) mass is 356 g/mol. The van der Waals surface area contributed by atoms with Crippen molar-refractivity contribution in [3.8, 4) is 5.69 Å². The van der Waals surface area contributed by atoms with Crippen LogP contribution in [0, 0.1) is 6.92 Å². The number of carbonyl (C=O) groups excluding carboxylic acids is 1. The van der Waals surface area contributed by atoms with Gasteiger partial charge in [0.05, 0.1) is 28.8 Å². The number of nitrogens with zero attached hydrogens (tertiary/aromatic N) is 3. The van der Waals surface area contributed by atoms with Crippen LogP contribution in [0.4, 0.5) is 5.69 Å². The number of carbonyl (C=O) groups is 1. The first-order valence-electron chi connectivity index (χ1n) is 6.67. The topological polar surface area (TPSA) is 59.8 Å². The molecule has 1 amide bonds. The van der Waals surface area contributed by atoms with Gasteiger partial charge in [-0.25, -0.2) is 4.68 Å². The van der Waals surface area contributed by atoms with Crippen molar-refractivity contribution < 1.29 is 4.79 Å².